The van der Waals surface area contributed by atoms with Gasteiger partial charge in [-0.05, 0) is 30.2 Å². The zero-order valence-corrected chi connectivity index (χ0v) is 7.00. The van der Waals surface area contributed by atoms with Gasteiger partial charge in [-0.3, -0.25) is 10.0 Å². The lowest BCUT2D eigenvalue weighted by Gasteiger charge is -2.02. The average Bonchev–Trinajstić information content (AvgIpc) is 2.63. The fourth-order valence-corrected chi connectivity index (χ4v) is 1.51. The summed E-state index contributed by atoms with van der Waals surface area (Å²) < 4.78 is 0. The second-order valence-electron chi connectivity index (χ2n) is 2.99. The van der Waals surface area contributed by atoms with E-state index in [2.05, 4.69) is 5.32 Å². The van der Waals surface area contributed by atoms with E-state index >= 15 is 0 Å². The molecule has 0 saturated carbocycles. The van der Waals surface area contributed by atoms with Crippen molar-refractivity contribution in [3.8, 4) is 0 Å². The van der Waals surface area contributed by atoms with Crippen LogP contribution in [0.2, 0.25) is 0 Å². The fraction of sp³-hybridized carbons (Fsp3) is 0.222. The lowest BCUT2D eigenvalue weighted by atomic mass is 10.1. The van der Waals surface area contributed by atoms with Gasteiger partial charge in [0.05, 0.1) is 0 Å². The average molecular weight is 178 g/mol. The van der Waals surface area contributed by atoms with Crippen LogP contribution in [-0.4, -0.2) is 17.7 Å². The summed E-state index contributed by atoms with van der Waals surface area (Å²) in [6.07, 6.45) is 0.932. The molecule has 0 bridgehead atoms. The number of benzene rings is 1. The maximum atomic E-state index is 11.0. The third-order valence-corrected chi connectivity index (χ3v) is 2.18. The number of rotatable bonds is 1. The van der Waals surface area contributed by atoms with Crippen LogP contribution >= 0.6 is 0 Å². The first-order valence-electron chi connectivity index (χ1n) is 4.12. The van der Waals surface area contributed by atoms with Gasteiger partial charge in [0.1, 0.15) is 0 Å². The lowest BCUT2D eigenvalue weighted by Crippen LogP contribution is -2.18. The number of nitrogens with one attached hydrogen (secondary N) is 2. The molecule has 4 nitrogen and oxygen atoms in total. The Morgan fingerprint density at radius 1 is 1.54 bits per heavy atom. The minimum absolute atomic E-state index is 0.463. The first kappa shape index (κ1) is 8.07. The normalized spacial score (nSPS) is 13.3. The second-order valence-corrected chi connectivity index (χ2v) is 2.99. The number of fused-ring (bicyclic) bond motifs is 1. The van der Waals surface area contributed by atoms with Gasteiger partial charge in [0.2, 0.25) is 0 Å². The van der Waals surface area contributed by atoms with Crippen molar-refractivity contribution in [2.45, 2.75) is 6.42 Å². The molecule has 0 aliphatic carbocycles. The minimum atomic E-state index is -0.463. The van der Waals surface area contributed by atoms with Gasteiger partial charge in [-0.2, -0.15) is 0 Å². The molecule has 1 aromatic carbocycles. The van der Waals surface area contributed by atoms with Gasteiger partial charge >= 0.3 is 0 Å². The van der Waals surface area contributed by atoms with Crippen molar-refractivity contribution in [3.05, 3.63) is 29.3 Å². The number of carbonyl (C=O) groups excluding carboxylic acids is 1. The number of carbonyl (C=O) groups is 1. The minimum Gasteiger partial charge on any atom is -0.384 e. The fourth-order valence-electron chi connectivity index (χ4n) is 1.51. The molecular weight excluding hydrogens is 168 g/mol. The highest BCUT2D eigenvalue weighted by Crippen LogP contribution is 2.22. The topological polar surface area (TPSA) is 61.4 Å². The van der Waals surface area contributed by atoms with Crippen LogP contribution in [-0.2, 0) is 6.42 Å². The molecular formula is C9H10N2O2. The van der Waals surface area contributed by atoms with E-state index in [0.717, 1.165) is 24.2 Å². The van der Waals surface area contributed by atoms with Crippen LogP contribution in [0.5, 0.6) is 0 Å². The van der Waals surface area contributed by atoms with E-state index < -0.39 is 5.91 Å². The Labute approximate surface area is 75.5 Å². The van der Waals surface area contributed by atoms with E-state index in [1.54, 1.807) is 17.6 Å². The summed E-state index contributed by atoms with van der Waals surface area (Å²) in [5.74, 6) is -0.463. The van der Waals surface area contributed by atoms with Crippen LogP contribution in [0, 0.1) is 0 Å². The van der Waals surface area contributed by atoms with Crippen molar-refractivity contribution in [1.82, 2.24) is 5.48 Å². The van der Waals surface area contributed by atoms with Crippen LogP contribution in [0.3, 0.4) is 0 Å². The lowest BCUT2D eigenvalue weighted by molar-refractivity contribution is 0.0706. The molecule has 13 heavy (non-hydrogen) atoms. The van der Waals surface area contributed by atoms with Crippen molar-refractivity contribution in [2.24, 2.45) is 0 Å². The number of anilines is 1. The Kier molecular flexibility index (Phi) is 1.90. The molecule has 1 aliphatic rings. The Balaban J connectivity index is 2.36. The Morgan fingerprint density at radius 2 is 2.38 bits per heavy atom. The van der Waals surface area contributed by atoms with Crippen molar-refractivity contribution >= 4 is 11.6 Å². The predicted molar refractivity (Wildman–Crippen MR) is 47.9 cm³/mol. The number of hydroxylamine groups is 1. The van der Waals surface area contributed by atoms with Gasteiger partial charge in [-0.25, -0.2) is 5.48 Å². The maximum Gasteiger partial charge on any atom is 0.274 e. The van der Waals surface area contributed by atoms with Gasteiger partial charge in [0.25, 0.3) is 5.91 Å². The highest BCUT2D eigenvalue weighted by molar-refractivity contribution is 5.94. The second kappa shape index (κ2) is 3.06. The van der Waals surface area contributed by atoms with E-state index in [0.29, 0.717) is 5.56 Å². The molecule has 0 atom stereocenters. The van der Waals surface area contributed by atoms with Crippen LogP contribution in [0.25, 0.3) is 0 Å². The summed E-state index contributed by atoms with van der Waals surface area (Å²) >= 11 is 0. The summed E-state index contributed by atoms with van der Waals surface area (Å²) in [4.78, 5) is 11.0. The summed E-state index contributed by atoms with van der Waals surface area (Å²) in [5, 5.41) is 11.6. The SMILES string of the molecule is O=C(NO)c1ccc2c(c1)CCN2. The maximum absolute atomic E-state index is 11.0. The predicted octanol–water partition coefficient (Wildman–Crippen LogP) is 0.774. The van der Waals surface area contributed by atoms with Gasteiger partial charge < -0.3 is 5.32 Å². The monoisotopic (exact) mass is 178 g/mol. The molecule has 0 fully saturated rings. The third kappa shape index (κ3) is 1.36. The summed E-state index contributed by atoms with van der Waals surface area (Å²) in [5.41, 5.74) is 4.31. The van der Waals surface area contributed by atoms with Crippen LogP contribution in [0.15, 0.2) is 18.2 Å². The van der Waals surface area contributed by atoms with Gasteiger partial charge in [0.15, 0.2) is 0 Å². The van der Waals surface area contributed by atoms with Gasteiger partial charge in [-0.1, -0.05) is 0 Å². The zero-order chi connectivity index (χ0) is 9.26. The highest BCUT2D eigenvalue weighted by Gasteiger charge is 2.12. The molecule has 68 valence electrons. The van der Waals surface area contributed by atoms with Crippen LogP contribution in [0.4, 0.5) is 5.69 Å². The van der Waals surface area contributed by atoms with Crippen LogP contribution in [0.1, 0.15) is 15.9 Å². The van der Waals surface area contributed by atoms with E-state index in [9.17, 15) is 4.79 Å². The van der Waals surface area contributed by atoms with E-state index in [4.69, 9.17) is 5.21 Å². The van der Waals surface area contributed by atoms with Crippen molar-refractivity contribution < 1.29 is 10.0 Å². The first-order valence-corrected chi connectivity index (χ1v) is 4.12. The standard InChI is InChI=1S/C9H10N2O2/c12-9(11-13)7-1-2-8-6(5-7)3-4-10-8/h1-2,5,10,13H,3-4H2,(H,11,12). The number of amides is 1. The van der Waals surface area contributed by atoms with Crippen molar-refractivity contribution in [2.75, 3.05) is 11.9 Å². The molecule has 1 aromatic rings. The van der Waals surface area contributed by atoms with E-state index in [1.165, 1.54) is 0 Å². The number of hydrogen-bond donors (Lipinski definition) is 3. The van der Waals surface area contributed by atoms with Crippen LogP contribution < -0.4 is 10.8 Å². The van der Waals surface area contributed by atoms with Crippen molar-refractivity contribution in [3.63, 3.8) is 0 Å². The summed E-state index contributed by atoms with van der Waals surface area (Å²) in [6.45, 7) is 0.916. The summed E-state index contributed by atoms with van der Waals surface area (Å²) in [6, 6.07) is 5.33. The molecule has 0 radical (unpaired) electrons. The molecule has 1 aliphatic heterocycles. The molecule has 1 heterocycles. The Hall–Kier alpha value is -1.55. The molecule has 0 spiro atoms. The Morgan fingerprint density at radius 3 is 3.15 bits per heavy atom. The molecule has 2 rings (SSSR count). The smallest absolute Gasteiger partial charge is 0.274 e. The molecule has 1 amide bonds. The molecule has 0 unspecified atom stereocenters. The Bertz CT molecular complexity index is 349. The quantitative estimate of drug-likeness (QED) is 0.439. The zero-order valence-electron chi connectivity index (χ0n) is 7.00. The van der Waals surface area contributed by atoms with E-state index in [-0.39, 0.29) is 0 Å². The third-order valence-electron chi connectivity index (χ3n) is 2.18. The number of hydrogen-bond acceptors (Lipinski definition) is 3. The van der Waals surface area contributed by atoms with Gasteiger partial charge in [-0.15, -0.1) is 0 Å². The summed E-state index contributed by atoms with van der Waals surface area (Å²) in [7, 11) is 0. The molecule has 3 N–H and O–H groups in total. The molecule has 4 heteroatoms. The first-order chi connectivity index (χ1) is 6.31. The van der Waals surface area contributed by atoms with Crippen molar-refractivity contribution in [1.29, 1.82) is 0 Å². The van der Waals surface area contributed by atoms with Gasteiger partial charge in [0, 0.05) is 17.8 Å². The highest BCUT2D eigenvalue weighted by atomic mass is 16.5. The van der Waals surface area contributed by atoms with E-state index in [1.807, 2.05) is 6.07 Å². The molecule has 0 aromatic heterocycles. The molecule has 0 saturated heterocycles. The largest absolute Gasteiger partial charge is 0.384 e.